The topological polar surface area (TPSA) is 72.6 Å². The van der Waals surface area contributed by atoms with Crippen molar-refractivity contribution in [2.24, 2.45) is 5.73 Å². The molecule has 1 aliphatic heterocycles. The second-order valence-electron chi connectivity index (χ2n) is 4.34. The van der Waals surface area contributed by atoms with Crippen molar-refractivity contribution in [2.75, 3.05) is 11.4 Å². The zero-order valence-electron chi connectivity index (χ0n) is 10.2. The summed E-state index contributed by atoms with van der Waals surface area (Å²) in [7, 11) is 0. The number of carbonyl (C=O) groups is 2. The largest absolute Gasteiger partial charge is 0.444 e. The number of anilines is 1. The summed E-state index contributed by atoms with van der Waals surface area (Å²) < 4.78 is 31.9. The summed E-state index contributed by atoms with van der Waals surface area (Å²) in [5, 5.41) is 0. The van der Waals surface area contributed by atoms with Gasteiger partial charge in [-0.3, -0.25) is 9.69 Å². The number of cyclic esters (lactones) is 1. The SMILES string of the molecule is NC(=O)CCC1CN(c2cc(F)c(I)c(F)c2)C(=O)O1. The first-order valence-electron chi connectivity index (χ1n) is 5.79. The summed E-state index contributed by atoms with van der Waals surface area (Å²) in [6, 6.07) is 2.14. The van der Waals surface area contributed by atoms with Gasteiger partial charge >= 0.3 is 6.09 Å². The average molecular weight is 396 g/mol. The minimum atomic E-state index is -0.742. The molecule has 0 spiro atoms. The van der Waals surface area contributed by atoms with Crippen molar-refractivity contribution >= 4 is 40.3 Å². The Bertz CT molecular complexity index is 545. The zero-order valence-corrected chi connectivity index (χ0v) is 12.4. The molecule has 8 heteroatoms. The standard InChI is InChI=1S/C12H11F2IN2O3/c13-8-3-6(4-9(14)11(8)15)17-5-7(20-12(17)19)1-2-10(16)18/h3-4,7H,1-2,5H2,(H2,16,18). The molecule has 2 N–H and O–H groups in total. The van der Waals surface area contributed by atoms with Gasteiger partial charge in [-0.15, -0.1) is 0 Å². The van der Waals surface area contributed by atoms with Crippen LogP contribution < -0.4 is 10.6 Å². The van der Waals surface area contributed by atoms with Gasteiger partial charge in [-0.2, -0.15) is 0 Å². The number of carbonyl (C=O) groups excluding carboxylic acids is 2. The van der Waals surface area contributed by atoms with Gasteiger partial charge in [-0.1, -0.05) is 0 Å². The van der Waals surface area contributed by atoms with E-state index < -0.39 is 29.7 Å². The molecular formula is C12H11F2IN2O3. The molecule has 20 heavy (non-hydrogen) atoms. The zero-order chi connectivity index (χ0) is 14.9. The normalized spacial score (nSPS) is 18.2. The van der Waals surface area contributed by atoms with Crippen molar-refractivity contribution in [2.45, 2.75) is 18.9 Å². The van der Waals surface area contributed by atoms with Crippen molar-refractivity contribution in [1.29, 1.82) is 0 Å². The maximum atomic E-state index is 13.5. The Morgan fingerprint density at radius 1 is 1.45 bits per heavy atom. The Morgan fingerprint density at radius 2 is 2.05 bits per heavy atom. The van der Waals surface area contributed by atoms with E-state index in [9.17, 15) is 18.4 Å². The summed E-state index contributed by atoms with van der Waals surface area (Å²) in [6.45, 7) is 0.131. The van der Waals surface area contributed by atoms with Gasteiger partial charge in [0.2, 0.25) is 5.91 Å². The third-order valence-electron chi connectivity index (χ3n) is 2.87. The lowest BCUT2D eigenvalue weighted by Crippen LogP contribution is -2.25. The molecule has 0 radical (unpaired) electrons. The van der Waals surface area contributed by atoms with E-state index in [-0.39, 0.29) is 28.6 Å². The monoisotopic (exact) mass is 396 g/mol. The van der Waals surface area contributed by atoms with E-state index in [0.29, 0.717) is 0 Å². The van der Waals surface area contributed by atoms with Gasteiger partial charge in [-0.05, 0) is 41.1 Å². The van der Waals surface area contributed by atoms with Crippen molar-refractivity contribution < 1.29 is 23.1 Å². The highest BCUT2D eigenvalue weighted by Gasteiger charge is 2.33. The Morgan fingerprint density at radius 3 is 2.60 bits per heavy atom. The van der Waals surface area contributed by atoms with Gasteiger partial charge in [0.15, 0.2) is 0 Å². The molecule has 1 fully saturated rings. The summed E-state index contributed by atoms with van der Waals surface area (Å²) in [5.74, 6) is -1.98. The number of benzene rings is 1. The lowest BCUT2D eigenvalue weighted by atomic mass is 10.2. The number of nitrogens with two attached hydrogens (primary N) is 1. The molecular weight excluding hydrogens is 385 g/mol. The van der Waals surface area contributed by atoms with Crippen LogP contribution in [0.25, 0.3) is 0 Å². The first kappa shape index (κ1) is 14.9. The Kier molecular flexibility index (Phi) is 4.41. The van der Waals surface area contributed by atoms with Gasteiger partial charge in [0.25, 0.3) is 0 Å². The predicted molar refractivity (Wildman–Crippen MR) is 75.1 cm³/mol. The van der Waals surface area contributed by atoms with E-state index in [1.807, 2.05) is 0 Å². The molecule has 2 amide bonds. The first-order valence-corrected chi connectivity index (χ1v) is 6.87. The van der Waals surface area contributed by atoms with E-state index in [4.69, 9.17) is 10.5 Å². The number of ether oxygens (including phenoxy) is 1. The number of halogens is 3. The van der Waals surface area contributed by atoms with Crippen LogP contribution in [-0.4, -0.2) is 24.6 Å². The quantitative estimate of drug-likeness (QED) is 0.627. The molecule has 0 bridgehead atoms. The summed E-state index contributed by atoms with van der Waals surface area (Å²) >= 11 is 1.54. The number of nitrogens with zero attached hydrogens (tertiary/aromatic N) is 1. The fourth-order valence-corrected chi connectivity index (χ4v) is 2.20. The molecule has 2 rings (SSSR count). The maximum Gasteiger partial charge on any atom is 0.414 e. The van der Waals surface area contributed by atoms with Crippen LogP contribution >= 0.6 is 22.6 Å². The highest BCUT2D eigenvalue weighted by molar-refractivity contribution is 14.1. The van der Waals surface area contributed by atoms with Crippen LogP contribution in [-0.2, 0) is 9.53 Å². The van der Waals surface area contributed by atoms with E-state index in [1.54, 1.807) is 22.6 Å². The summed E-state index contributed by atoms with van der Waals surface area (Å²) in [6.07, 6.45) is -0.839. The molecule has 1 atom stereocenters. The van der Waals surface area contributed by atoms with Crippen molar-refractivity contribution in [1.82, 2.24) is 0 Å². The highest BCUT2D eigenvalue weighted by Crippen LogP contribution is 2.27. The third-order valence-corrected chi connectivity index (χ3v) is 3.90. The number of amides is 2. The van der Waals surface area contributed by atoms with Crippen molar-refractivity contribution in [3.8, 4) is 0 Å². The van der Waals surface area contributed by atoms with Crippen LogP contribution in [0.15, 0.2) is 12.1 Å². The lowest BCUT2D eigenvalue weighted by molar-refractivity contribution is -0.118. The van der Waals surface area contributed by atoms with E-state index in [2.05, 4.69) is 0 Å². The van der Waals surface area contributed by atoms with Crippen LogP contribution in [0.5, 0.6) is 0 Å². The maximum absolute atomic E-state index is 13.5. The molecule has 5 nitrogen and oxygen atoms in total. The van der Waals surface area contributed by atoms with Crippen molar-refractivity contribution in [3.05, 3.63) is 27.3 Å². The molecule has 1 unspecified atom stereocenters. The number of rotatable bonds is 4. The van der Waals surface area contributed by atoms with E-state index in [0.717, 1.165) is 17.0 Å². The molecule has 1 aromatic rings. The number of hydrogen-bond donors (Lipinski definition) is 1. The third kappa shape index (κ3) is 3.17. The minimum absolute atomic E-state index is 0.0845. The highest BCUT2D eigenvalue weighted by atomic mass is 127. The van der Waals surface area contributed by atoms with Crippen molar-refractivity contribution in [3.63, 3.8) is 0 Å². The van der Waals surface area contributed by atoms with E-state index in [1.165, 1.54) is 0 Å². The van der Waals surface area contributed by atoms with Gasteiger partial charge in [0.05, 0.1) is 15.8 Å². The molecule has 1 aromatic carbocycles. The Hall–Kier alpha value is -1.45. The van der Waals surface area contributed by atoms with Gasteiger partial charge in [-0.25, -0.2) is 13.6 Å². The fraction of sp³-hybridized carbons (Fsp3) is 0.333. The molecule has 108 valence electrons. The number of hydrogen-bond acceptors (Lipinski definition) is 3. The molecule has 1 saturated heterocycles. The molecule has 0 saturated carbocycles. The summed E-state index contributed by atoms with van der Waals surface area (Å²) in [4.78, 5) is 23.5. The van der Waals surface area contributed by atoms with Gasteiger partial charge in [0.1, 0.15) is 17.7 Å². The molecule has 1 aliphatic rings. The predicted octanol–water partition coefficient (Wildman–Crippen LogP) is 2.16. The van der Waals surface area contributed by atoms with Gasteiger partial charge in [0, 0.05) is 6.42 Å². The second-order valence-corrected chi connectivity index (χ2v) is 5.42. The van der Waals surface area contributed by atoms with Crippen LogP contribution in [0.1, 0.15) is 12.8 Å². The van der Waals surface area contributed by atoms with E-state index >= 15 is 0 Å². The fourth-order valence-electron chi connectivity index (χ4n) is 1.88. The number of primary amides is 1. The Labute approximate surface area is 127 Å². The average Bonchev–Trinajstić information content (AvgIpc) is 2.74. The molecule has 0 aliphatic carbocycles. The van der Waals surface area contributed by atoms with Crippen LogP contribution in [0, 0.1) is 15.2 Å². The first-order chi connectivity index (χ1) is 9.38. The van der Waals surface area contributed by atoms with Crippen LogP contribution in [0.3, 0.4) is 0 Å². The molecule has 1 heterocycles. The Balaban J connectivity index is 2.14. The van der Waals surface area contributed by atoms with Crippen LogP contribution in [0.4, 0.5) is 19.3 Å². The van der Waals surface area contributed by atoms with Gasteiger partial charge < -0.3 is 10.5 Å². The second kappa shape index (κ2) is 5.90. The smallest absolute Gasteiger partial charge is 0.414 e. The van der Waals surface area contributed by atoms with Crippen LogP contribution in [0.2, 0.25) is 0 Å². The lowest BCUT2D eigenvalue weighted by Gasteiger charge is -2.13. The minimum Gasteiger partial charge on any atom is -0.444 e. The summed E-state index contributed by atoms with van der Waals surface area (Å²) in [5.41, 5.74) is 5.10. The molecule has 0 aromatic heterocycles.